The van der Waals surface area contributed by atoms with Gasteiger partial charge in [-0.3, -0.25) is 25.2 Å². The van der Waals surface area contributed by atoms with Crippen molar-refractivity contribution >= 4 is 40.7 Å². The van der Waals surface area contributed by atoms with Gasteiger partial charge in [-0.1, -0.05) is 43.5 Å². The molecule has 0 aromatic heterocycles. The number of hydrogen-bond acceptors (Lipinski definition) is 4. The zero-order chi connectivity index (χ0) is 22.9. The topological polar surface area (TPSA) is 99.3 Å². The van der Waals surface area contributed by atoms with Crippen molar-refractivity contribution < 1.29 is 14.4 Å². The molecule has 0 spiro atoms. The highest BCUT2D eigenvalue weighted by Crippen LogP contribution is 2.25. The van der Waals surface area contributed by atoms with E-state index in [9.17, 15) is 14.4 Å². The van der Waals surface area contributed by atoms with Crippen LogP contribution in [0.3, 0.4) is 0 Å². The number of anilines is 1. The van der Waals surface area contributed by atoms with Crippen LogP contribution >= 0.6 is 12.2 Å². The second-order valence-electron chi connectivity index (χ2n) is 7.96. The molecule has 1 saturated carbocycles. The van der Waals surface area contributed by atoms with Gasteiger partial charge >= 0.3 is 0 Å². The maximum atomic E-state index is 12.3. The Bertz CT molecular complexity index is 985. The first-order valence-electron chi connectivity index (χ1n) is 10.8. The van der Waals surface area contributed by atoms with E-state index in [4.69, 9.17) is 12.2 Å². The van der Waals surface area contributed by atoms with Crippen molar-refractivity contribution in [1.82, 2.24) is 16.2 Å². The van der Waals surface area contributed by atoms with Crippen LogP contribution in [0.1, 0.15) is 53.6 Å². The molecule has 8 heteroatoms. The Balaban J connectivity index is 1.43. The highest BCUT2D eigenvalue weighted by molar-refractivity contribution is 7.80. The van der Waals surface area contributed by atoms with E-state index in [0.717, 1.165) is 36.8 Å². The zero-order valence-corrected chi connectivity index (χ0v) is 18.9. The lowest BCUT2D eigenvalue weighted by Gasteiger charge is -2.20. The summed E-state index contributed by atoms with van der Waals surface area (Å²) in [4.78, 5) is 36.8. The summed E-state index contributed by atoms with van der Waals surface area (Å²) in [6.45, 7) is 1.94. The van der Waals surface area contributed by atoms with E-state index in [2.05, 4.69) is 21.5 Å². The maximum Gasteiger partial charge on any atom is 0.269 e. The molecule has 1 aliphatic rings. The number of hydrogen-bond donors (Lipinski definition) is 4. The molecular weight excluding hydrogens is 424 g/mol. The molecule has 32 heavy (non-hydrogen) atoms. The summed E-state index contributed by atoms with van der Waals surface area (Å²) in [5, 5.41) is 5.47. The fourth-order valence-electron chi connectivity index (χ4n) is 3.68. The molecule has 0 aliphatic heterocycles. The van der Waals surface area contributed by atoms with Crippen molar-refractivity contribution in [3.63, 3.8) is 0 Å². The highest BCUT2D eigenvalue weighted by atomic mass is 32.1. The Labute approximate surface area is 193 Å². The van der Waals surface area contributed by atoms with Gasteiger partial charge in [0.05, 0.1) is 6.42 Å². The maximum absolute atomic E-state index is 12.3. The summed E-state index contributed by atoms with van der Waals surface area (Å²) in [6.07, 6.45) is 5.44. The lowest BCUT2D eigenvalue weighted by molar-refractivity contribution is -0.121. The van der Waals surface area contributed by atoms with Gasteiger partial charge in [-0.15, -0.1) is 0 Å². The van der Waals surface area contributed by atoms with E-state index in [1.807, 2.05) is 31.2 Å². The van der Waals surface area contributed by atoms with Crippen LogP contribution in [-0.2, 0) is 16.0 Å². The van der Waals surface area contributed by atoms with Gasteiger partial charge in [0.15, 0.2) is 5.11 Å². The third kappa shape index (κ3) is 6.88. The molecule has 3 rings (SSSR count). The first kappa shape index (κ1) is 23.4. The van der Waals surface area contributed by atoms with Crippen molar-refractivity contribution in [3.05, 3.63) is 65.2 Å². The first-order valence-corrected chi connectivity index (χ1v) is 11.2. The van der Waals surface area contributed by atoms with Crippen molar-refractivity contribution in [2.24, 2.45) is 5.92 Å². The molecule has 0 radical (unpaired) electrons. The average Bonchev–Trinajstić information content (AvgIpc) is 2.80. The molecule has 0 saturated heterocycles. The van der Waals surface area contributed by atoms with Crippen LogP contribution in [-0.4, -0.2) is 22.8 Å². The van der Waals surface area contributed by atoms with Gasteiger partial charge in [-0.25, -0.2) is 0 Å². The molecule has 7 nitrogen and oxygen atoms in total. The van der Waals surface area contributed by atoms with Gasteiger partial charge in [0, 0.05) is 17.2 Å². The Morgan fingerprint density at radius 1 is 0.938 bits per heavy atom. The second-order valence-corrected chi connectivity index (χ2v) is 8.37. The van der Waals surface area contributed by atoms with Crippen LogP contribution in [0.25, 0.3) is 0 Å². The Morgan fingerprint density at radius 2 is 1.62 bits per heavy atom. The van der Waals surface area contributed by atoms with E-state index in [0.29, 0.717) is 11.3 Å². The highest BCUT2D eigenvalue weighted by Gasteiger charge is 2.21. The molecule has 0 unspecified atom stereocenters. The van der Waals surface area contributed by atoms with Crippen LogP contribution in [0.4, 0.5) is 5.69 Å². The van der Waals surface area contributed by atoms with Gasteiger partial charge in [0.25, 0.3) is 5.91 Å². The minimum absolute atomic E-state index is 0.00768. The number of aryl methyl sites for hydroxylation is 1. The number of thiocarbonyl (C=S) groups is 1. The molecule has 3 amide bonds. The van der Waals surface area contributed by atoms with E-state index in [-0.39, 0.29) is 29.3 Å². The molecule has 4 N–H and O–H groups in total. The summed E-state index contributed by atoms with van der Waals surface area (Å²) in [5.41, 5.74) is 7.97. The average molecular weight is 453 g/mol. The number of rotatable bonds is 5. The van der Waals surface area contributed by atoms with Crippen LogP contribution in [0.5, 0.6) is 0 Å². The summed E-state index contributed by atoms with van der Waals surface area (Å²) in [5.74, 6) is -0.580. The van der Waals surface area contributed by atoms with Gasteiger partial charge in [-0.2, -0.15) is 0 Å². The molecule has 0 bridgehead atoms. The fraction of sp³-hybridized carbons (Fsp3) is 0.333. The number of benzene rings is 2. The standard InChI is InChI=1S/C24H28N4O3S/c1-16-7-5-6-10-19(16)15-21(29)26-24(32)28-27-23(31)18-11-13-20(14-12-18)25-22(30)17-8-3-2-4-9-17/h5-7,10-14,17H,2-4,8-9,15H2,1H3,(H,25,30)(H,27,31)(H2,26,28,29,32). The predicted octanol–water partition coefficient (Wildman–Crippen LogP) is 3.39. The zero-order valence-electron chi connectivity index (χ0n) is 18.1. The van der Waals surface area contributed by atoms with Crippen molar-refractivity contribution in [2.45, 2.75) is 45.4 Å². The van der Waals surface area contributed by atoms with Crippen LogP contribution in [0, 0.1) is 12.8 Å². The molecule has 2 aromatic rings. The van der Waals surface area contributed by atoms with E-state index in [1.54, 1.807) is 24.3 Å². The summed E-state index contributed by atoms with van der Waals surface area (Å²) in [7, 11) is 0. The largest absolute Gasteiger partial charge is 0.326 e. The smallest absolute Gasteiger partial charge is 0.269 e. The van der Waals surface area contributed by atoms with Gasteiger partial charge in [-0.05, 0) is 67.4 Å². The van der Waals surface area contributed by atoms with Gasteiger partial charge in [0.1, 0.15) is 0 Å². The van der Waals surface area contributed by atoms with Crippen molar-refractivity contribution in [3.8, 4) is 0 Å². The van der Waals surface area contributed by atoms with Crippen molar-refractivity contribution in [1.29, 1.82) is 0 Å². The summed E-state index contributed by atoms with van der Waals surface area (Å²) >= 11 is 5.07. The minimum atomic E-state index is -0.411. The Morgan fingerprint density at radius 3 is 2.31 bits per heavy atom. The summed E-state index contributed by atoms with van der Waals surface area (Å²) in [6, 6.07) is 14.2. The quantitative estimate of drug-likeness (QED) is 0.412. The van der Waals surface area contributed by atoms with E-state index in [1.165, 1.54) is 6.42 Å². The van der Waals surface area contributed by atoms with Crippen LogP contribution in [0.15, 0.2) is 48.5 Å². The van der Waals surface area contributed by atoms with E-state index >= 15 is 0 Å². The van der Waals surface area contributed by atoms with Gasteiger partial charge < -0.3 is 10.6 Å². The predicted molar refractivity (Wildman–Crippen MR) is 128 cm³/mol. The Kier molecular flexibility index (Phi) is 8.33. The monoisotopic (exact) mass is 452 g/mol. The first-order chi connectivity index (χ1) is 15.4. The molecular formula is C24H28N4O3S. The second kappa shape index (κ2) is 11.4. The van der Waals surface area contributed by atoms with Crippen molar-refractivity contribution in [2.75, 3.05) is 5.32 Å². The van der Waals surface area contributed by atoms with E-state index < -0.39 is 5.91 Å². The molecule has 1 fully saturated rings. The molecule has 1 aliphatic carbocycles. The van der Waals surface area contributed by atoms with Crippen LogP contribution in [0.2, 0.25) is 0 Å². The minimum Gasteiger partial charge on any atom is -0.326 e. The lowest BCUT2D eigenvalue weighted by Crippen LogP contribution is -2.48. The third-order valence-electron chi connectivity index (χ3n) is 5.55. The molecule has 0 atom stereocenters. The summed E-state index contributed by atoms with van der Waals surface area (Å²) < 4.78 is 0. The van der Waals surface area contributed by atoms with Gasteiger partial charge in [0.2, 0.25) is 11.8 Å². The number of nitrogens with one attached hydrogen (secondary N) is 4. The molecule has 168 valence electrons. The number of carbonyl (C=O) groups is 3. The Hall–Kier alpha value is -3.26. The SMILES string of the molecule is Cc1ccccc1CC(=O)NC(=S)NNC(=O)c1ccc(NC(=O)C2CCCCC2)cc1. The number of hydrazine groups is 1. The fourth-order valence-corrected chi connectivity index (χ4v) is 3.85. The molecule has 0 heterocycles. The lowest BCUT2D eigenvalue weighted by atomic mass is 9.88. The molecule has 2 aromatic carbocycles. The number of amides is 3. The number of carbonyl (C=O) groups excluding carboxylic acids is 3. The van der Waals surface area contributed by atoms with Crippen LogP contribution < -0.4 is 21.5 Å². The normalized spacial score (nSPS) is 13.7. The third-order valence-corrected chi connectivity index (χ3v) is 5.75.